The number of nitrogens with zero attached hydrogens (tertiary/aromatic N) is 6. The first-order valence-electron chi connectivity index (χ1n) is 11.2. The van der Waals surface area contributed by atoms with E-state index in [0.29, 0.717) is 34.6 Å². The first kappa shape index (κ1) is 21.2. The van der Waals surface area contributed by atoms with Gasteiger partial charge in [0.2, 0.25) is 11.9 Å². The quantitative estimate of drug-likeness (QED) is 0.539. The van der Waals surface area contributed by atoms with Crippen molar-refractivity contribution in [3.8, 4) is 11.3 Å². The lowest BCUT2D eigenvalue weighted by atomic mass is 10.1. The van der Waals surface area contributed by atoms with E-state index in [1.54, 1.807) is 35.0 Å². The van der Waals surface area contributed by atoms with Crippen molar-refractivity contribution in [2.75, 3.05) is 18.2 Å². The van der Waals surface area contributed by atoms with Gasteiger partial charge >= 0.3 is 0 Å². The molecule has 1 aliphatic carbocycles. The number of carbonyl (C=O) groups is 1. The molecule has 174 valence electrons. The fraction of sp³-hybridized carbons (Fsp3) is 0.333. The fourth-order valence-electron chi connectivity index (χ4n) is 5.20. The molecule has 1 amide bonds. The van der Waals surface area contributed by atoms with E-state index < -0.39 is 16.7 Å². The van der Waals surface area contributed by atoms with E-state index in [1.807, 2.05) is 24.3 Å². The summed E-state index contributed by atoms with van der Waals surface area (Å²) in [6, 6.07) is 12.6. The van der Waals surface area contributed by atoms with Crippen LogP contribution in [0.25, 0.3) is 11.3 Å². The van der Waals surface area contributed by atoms with Gasteiger partial charge in [-0.1, -0.05) is 30.3 Å². The van der Waals surface area contributed by atoms with Gasteiger partial charge in [-0.15, -0.1) is 0 Å². The average molecular weight is 479 g/mol. The van der Waals surface area contributed by atoms with Crippen LogP contribution in [0.15, 0.2) is 52.5 Å². The molecular weight excluding hydrogens is 455 g/mol. The third-order valence-corrected chi connectivity index (χ3v) is 7.74. The van der Waals surface area contributed by atoms with Crippen molar-refractivity contribution in [2.24, 2.45) is 4.99 Å². The van der Waals surface area contributed by atoms with Gasteiger partial charge in [0.15, 0.2) is 5.82 Å². The second-order valence-electron chi connectivity index (χ2n) is 8.89. The van der Waals surface area contributed by atoms with Crippen molar-refractivity contribution in [1.29, 1.82) is 0 Å². The van der Waals surface area contributed by atoms with Crippen molar-refractivity contribution in [1.82, 2.24) is 19.7 Å². The molecule has 4 heterocycles. The van der Waals surface area contributed by atoms with Crippen LogP contribution in [0, 0.1) is 5.95 Å². The van der Waals surface area contributed by atoms with Crippen LogP contribution in [-0.4, -0.2) is 61.1 Å². The number of benzene rings is 1. The van der Waals surface area contributed by atoms with E-state index in [-0.39, 0.29) is 18.0 Å². The smallest absolute Gasteiger partial charge is 0.267 e. The molecule has 3 aliphatic rings. The molecule has 10 heteroatoms. The Bertz CT molecular complexity index is 1370. The summed E-state index contributed by atoms with van der Waals surface area (Å²) < 4.78 is 28.0. The number of hydrogen-bond acceptors (Lipinski definition) is 6. The van der Waals surface area contributed by atoms with Crippen LogP contribution in [0.1, 0.15) is 35.2 Å². The normalized spacial score (nSPS) is 21.9. The number of aromatic nitrogens is 3. The number of halogens is 1. The number of guanidine groups is 1. The maximum absolute atomic E-state index is 13.5. The van der Waals surface area contributed by atoms with E-state index in [2.05, 4.69) is 9.88 Å². The van der Waals surface area contributed by atoms with Crippen molar-refractivity contribution in [3.05, 3.63) is 59.5 Å². The molecule has 34 heavy (non-hydrogen) atoms. The minimum absolute atomic E-state index is 0.168. The third-order valence-electron chi connectivity index (χ3n) is 6.78. The van der Waals surface area contributed by atoms with Crippen LogP contribution in [0.2, 0.25) is 0 Å². The number of pyridine rings is 1. The Morgan fingerprint density at radius 3 is 2.68 bits per heavy atom. The first-order valence-corrected chi connectivity index (χ1v) is 12.8. The predicted molar refractivity (Wildman–Crippen MR) is 127 cm³/mol. The lowest BCUT2D eigenvalue weighted by Crippen LogP contribution is -2.51. The summed E-state index contributed by atoms with van der Waals surface area (Å²) in [7, 11) is 0.295. The van der Waals surface area contributed by atoms with Crippen LogP contribution in [-0.2, 0) is 17.3 Å². The number of anilines is 1. The molecule has 2 aromatic heterocycles. The van der Waals surface area contributed by atoms with Crippen molar-refractivity contribution < 1.29 is 13.4 Å². The minimum atomic E-state index is -1.42. The molecule has 0 unspecified atom stereocenters. The second kappa shape index (κ2) is 7.83. The number of rotatable bonds is 4. The molecule has 0 radical (unpaired) electrons. The third kappa shape index (κ3) is 3.19. The highest BCUT2D eigenvalue weighted by atomic mass is 32.2. The largest absolute Gasteiger partial charge is 0.289 e. The zero-order valence-electron chi connectivity index (χ0n) is 18.8. The molecule has 0 N–H and O–H groups in total. The van der Waals surface area contributed by atoms with Crippen LogP contribution < -0.4 is 4.90 Å². The van der Waals surface area contributed by atoms with Gasteiger partial charge in [-0.05, 0) is 37.0 Å². The van der Waals surface area contributed by atoms with Gasteiger partial charge in [0.25, 0.3) is 5.91 Å². The number of carbonyl (C=O) groups excluding carboxylic acids is 1. The summed E-state index contributed by atoms with van der Waals surface area (Å²) >= 11 is 0. The molecule has 0 spiro atoms. The molecule has 2 aliphatic heterocycles. The number of aliphatic imine (C=N–C) groups is 1. The molecule has 1 saturated carbocycles. The van der Waals surface area contributed by atoms with Crippen molar-refractivity contribution in [3.63, 3.8) is 0 Å². The van der Waals surface area contributed by atoms with Gasteiger partial charge in [-0.25, -0.2) is 14.7 Å². The molecule has 1 aromatic carbocycles. The number of fused-ring (bicyclic) bond motifs is 5. The Kier molecular flexibility index (Phi) is 4.87. The zero-order valence-corrected chi connectivity index (χ0v) is 19.6. The van der Waals surface area contributed by atoms with Gasteiger partial charge in [-0.3, -0.25) is 18.8 Å². The molecule has 0 bridgehead atoms. The summed E-state index contributed by atoms with van der Waals surface area (Å²) in [5, 5.41) is 5.23. The predicted octanol–water partition coefficient (Wildman–Crippen LogP) is 3.05. The highest BCUT2D eigenvalue weighted by Gasteiger charge is 2.49. The Labute approximate surface area is 198 Å². The first-order chi connectivity index (χ1) is 16.4. The van der Waals surface area contributed by atoms with E-state index in [4.69, 9.17) is 10.1 Å². The van der Waals surface area contributed by atoms with Gasteiger partial charge in [0.05, 0.1) is 35.1 Å². The van der Waals surface area contributed by atoms with Crippen LogP contribution >= 0.6 is 0 Å². The molecule has 8 nitrogen and oxygen atoms in total. The summed E-state index contributed by atoms with van der Waals surface area (Å²) in [4.78, 5) is 25.7. The highest BCUT2D eigenvalue weighted by molar-refractivity contribution is 7.84. The lowest BCUT2D eigenvalue weighted by Gasteiger charge is -2.33. The Morgan fingerprint density at radius 1 is 1.15 bits per heavy atom. The second-order valence-corrected chi connectivity index (χ2v) is 10.2. The topological polar surface area (TPSA) is 83.7 Å². The Morgan fingerprint density at radius 2 is 1.94 bits per heavy atom. The number of hydrogen-bond donors (Lipinski definition) is 0. The maximum atomic E-state index is 13.5. The van der Waals surface area contributed by atoms with Crippen LogP contribution in [0.4, 0.5) is 10.2 Å². The summed E-state index contributed by atoms with van der Waals surface area (Å²) in [5.41, 5.74) is 2.67. The zero-order chi connectivity index (χ0) is 23.6. The average Bonchev–Trinajstić information content (AvgIpc) is 3.51. The maximum Gasteiger partial charge on any atom is 0.267 e. The molecule has 1 fully saturated rings. The van der Waals surface area contributed by atoms with E-state index in [1.165, 1.54) is 6.07 Å². The summed E-state index contributed by atoms with van der Waals surface area (Å²) in [6.45, 7) is 0.351. The molecule has 3 aromatic rings. The van der Waals surface area contributed by atoms with Crippen molar-refractivity contribution in [2.45, 2.75) is 42.9 Å². The fourth-order valence-corrected chi connectivity index (χ4v) is 6.07. The minimum Gasteiger partial charge on any atom is -0.289 e. The van der Waals surface area contributed by atoms with Gasteiger partial charge in [0, 0.05) is 18.9 Å². The summed E-state index contributed by atoms with van der Waals surface area (Å²) in [6.07, 6.45) is 4.66. The lowest BCUT2D eigenvalue weighted by molar-refractivity contribution is 0.0861. The Hall–Kier alpha value is -3.40. The van der Waals surface area contributed by atoms with E-state index in [9.17, 15) is 13.4 Å². The van der Waals surface area contributed by atoms with Gasteiger partial charge in [-0.2, -0.15) is 9.49 Å². The van der Waals surface area contributed by atoms with Crippen LogP contribution in [0.5, 0.6) is 0 Å². The van der Waals surface area contributed by atoms with Crippen LogP contribution in [0.3, 0.4) is 0 Å². The SMILES string of the molecule is CN1C(=O)c2c(nn(Cc3ccc(-c4cccc(F)n4)cc3)c2[S@@](C)=O)N2C1=N[C@@H]1CCC[C@@H]12. The molecule has 6 rings (SSSR count). The van der Waals surface area contributed by atoms with Crippen molar-refractivity contribution >= 4 is 28.5 Å². The standard InChI is InChI=1S/C24H23FN6O2S/c1-29-22(32)20-21(31-18-7-3-6-17(18)27-24(29)31)28-30(23(20)34(2)33)13-14-9-11-15(12-10-14)16-5-4-8-19(25)26-16/h4-5,8-12,17-18H,3,6-7,13H2,1-2H3/t17-,18+,34-/m1/s1. The monoisotopic (exact) mass is 478 g/mol. The Balaban J connectivity index is 1.38. The van der Waals surface area contributed by atoms with E-state index >= 15 is 0 Å². The van der Waals surface area contributed by atoms with E-state index in [0.717, 1.165) is 30.4 Å². The summed E-state index contributed by atoms with van der Waals surface area (Å²) in [5.74, 6) is 0.441. The molecule has 0 saturated heterocycles. The number of amides is 1. The van der Waals surface area contributed by atoms with Gasteiger partial charge < -0.3 is 0 Å². The molecular formula is C24H23FN6O2S. The highest BCUT2D eigenvalue weighted by Crippen LogP contribution is 2.41. The van der Waals surface area contributed by atoms with Gasteiger partial charge in [0.1, 0.15) is 10.6 Å². The molecule has 3 atom stereocenters.